The Balaban J connectivity index is 2.09. The fourth-order valence-corrected chi connectivity index (χ4v) is 3.68. The Morgan fingerprint density at radius 3 is 2.50 bits per heavy atom. The minimum Gasteiger partial charge on any atom is -0.267 e. The van der Waals surface area contributed by atoms with E-state index in [1.807, 2.05) is 72.3 Å². The largest absolute Gasteiger partial charge is 0.281 e. The molecule has 0 aliphatic rings. The number of aryl methyl sites for hydroxylation is 1. The summed E-state index contributed by atoms with van der Waals surface area (Å²) in [4.78, 5) is 18.0. The molecule has 2 aromatic heterocycles. The van der Waals surface area contributed by atoms with E-state index >= 15 is 0 Å². The van der Waals surface area contributed by atoms with Crippen molar-refractivity contribution in [3.8, 4) is 5.69 Å². The predicted octanol–water partition coefficient (Wildman–Crippen LogP) is 4.75. The van der Waals surface area contributed by atoms with Crippen molar-refractivity contribution in [3.05, 3.63) is 87.7 Å². The van der Waals surface area contributed by atoms with Gasteiger partial charge in [0.05, 0.1) is 32.5 Å². The number of benzene rings is 3. The third-order valence-corrected chi connectivity index (χ3v) is 4.99. The molecule has 0 amide bonds. The Kier molecular flexibility index (Phi) is 3.18. The van der Waals surface area contributed by atoms with E-state index in [0.29, 0.717) is 21.6 Å². The van der Waals surface area contributed by atoms with Crippen LogP contribution in [0.5, 0.6) is 0 Å². The van der Waals surface area contributed by atoms with Crippen molar-refractivity contribution in [1.82, 2.24) is 14.2 Å². The van der Waals surface area contributed by atoms with Crippen LogP contribution in [-0.2, 0) is 0 Å². The van der Waals surface area contributed by atoms with Gasteiger partial charge < -0.3 is 0 Å². The summed E-state index contributed by atoms with van der Waals surface area (Å²) in [6.07, 6.45) is 0. The molecule has 0 spiro atoms. The summed E-state index contributed by atoms with van der Waals surface area (Å²) in [5, 5.41) is 1.93. The molecular formula is C21H14ClN3O. The number of fused-ring (bicyclic) bond motifs is 4. The molecule has 5 rings (SSSR count). The summed E-state index contributed by atoms with van der Waals surface area (Å²) in [6, 6.07) is 21.1. The van der Waals surface area contributed by atoms with E-state index in [2.05, 4.69) is 0 Å². The van der Waals surface area contributed by atoms with Crippen LogP contribution in [0.2, 0.25) is 5.02 Å². The van der Waals surface area contributed by atoms with Gasteiger partial charge in [0.1, 0.15) is 0 Å². The topological polar surface area (TPSA) is 39.3 Å². The third-order valence-electron chi connectivity index (χ3n) is 4.68. The second kappa shape index (κ2) is 5.44. The van der Waals surface area contributed by atoms with E-state index in [4.69, 9.17) is 16.6 Å². The monoisotopic (exact) mass is 359 g/mol. The zero-order valence-electron chi connectivity index (χ0n) is 14.0. The van der Waals surface area contributed by atoms with E-state index in [1.165, 1.54) is 0 Å². The van der Waals surface area contributed by atoms with Gasteiger partial charge in [-0.15, -0.1) is 0 Å². The van der Waals surface area contributed by atoms with Crippen LogP contribution in [0.25, 0.3) is 33.1 Å². The minimum absolute atomic E-state index is 0.113. The van der Waals surface area contributed by atoms with Gasteiger partial charge in [-0.2, -0.15) is 4.52 Å². The van der Waals surface area contributed by atoms with Gasteiger partial charge in [0.25, 0.3) is 5.56 Å². The molecule has 0 atom stereocenters. The highest BCUT2D eigenvalue weighted by molar-refractivity contribution is 6.36. The number of hydrogen-bond donors (Lipinski definition) is 0. The summed E-state index contributed by atoms with van der Waals surface area (Å²) in [7, 11) is 0. The Bertz CT molecular complexity index is 1360. The highest BCUT2D eigenvalue weighted by Crippen LogP contribution is 2.30. The van der Waals surface area contributed by atoms with Crippen molar-refractivity contribution in [2.24, 2.45) is 0 Å². The smallest absolute Gasteiger partial charge is 0.267 e. The van der Waals surface area contributed by atoms with Crippen LogP contribution in [0.15, 0.2) is 71.5 Å². The van der Waals surface area contributed by atoms with Crippen LogP contribution in [0.1, 0.15) is 5.56 Å². The second-order valence-electron chi connectivity index (χ2n) is 6.35. The van der Waals surface area contributed by atoms with Crippen LogP contribution in [0.3, 0.4) is 0 Å². The van der Waals surface area contributed by atoms with Gasteiger partial charge in [0, 0.05) is 0 Å². The van der Waals surface area contributed by atoms with Crippen molar-refractivity contribution in [1.29, 1.82) is 0 Å². The zero-order valence-corrected chi connectivity index (χ0v) is 14.7. The molecule has 0 saturated carbocycles. The lowest BCUT2D eigenvalue weighted by atomic mass is 10.2. The predicted molar refractivity (Wildman–Crippen MR) is 106 cm³/mol. The summed E-state index contributed by atoms with van der Waals surface area (Å²) in [5.74, 6) is 0. The van der Waals surface area contributed by atoms with Gasteiger partial charge in [-0.25, -0.2) is 9.67 Å². The maximum Gasteiger partial charge on any atom is 0.281 e. The molecule has 0 aliphatic carbocycles. The number of nitrogens with zero attached hydrogens (tertiary/aromatic N) is 3. The Morgan fingerprint density at radius 2 is 1.69 bits per heavy atom. The molecule has 0 radical (unpaired) electrons. The van der Waals surface area contributed by atoms with Gasteiger partial charge >= 0.3 is 0 Å². The first-order valence-corrected chi connectivity index (χ1v) is 8.71. The molecular weight excluding hydrogens is 346 g/mol. The molecule has 3 aromatic carbocycles. The summed E-state index contributed by atoms with van der Waals surface area (Å²) >= 11 is 6.50. The lowest BCUT2D eigenvalue weighted by molar-refractivity contribution is 0.794. The quantitative estimate of drug-likeness (QED) is 0.433. The molecule has 126 valence electrons. The van der Waals surface area contributed by atoms with Crippen molar-refractivity contribution in [2.45, 2.75) is 6.92 Å². The highest BCUT2D eigenvalue weighted by Gasteiger charge is 2.18. The van der Waals surface area contributed by atoms with Crippen LogP contribution in [-0.4, -0.2) is 14.2 Å². The van der Waals surface area contributed by atoms with Gasteiger partial charge in [0.2, 0.25) is 0 Å². The van der Waals surface area contributed by atoms with E-state index in [-0.39, 0.29) is 5.56 Å². The summed E-state index contributed by atoms with van der Waals surface area (Å²) < 4.78 is 3.50. The van der Waals surface area contributed by atoms with Crippen LogP contribution < -0.4 is 5.56 Å². The average molecular weight is 360 g/mol. The van der Waals surface area contributed by atoms with Crippen LogP contribution >= 0.6 is 11.6 Å². The van der Waals surface area contributed by atoms with Gasteiger partial charge in [-0.3, -0.25) is 4.79 Å². The minimum atomic E-state index is -0.113. The maximum atomic E-state index is 13.3. The molecule has 2 heterocycles. The molecule has 0 bridgehead atoms. The van der Waals surface area contributed by atoms with Crippen LogP contribution in [0, 0.1) is 6.92 Å². The molecule has 4 nitrogen and oxygen atoms in total. The SMILES string of the molecule is Cc1ccc(-n2c3cccc(Cl)c3c3nc4ccccc4c(=O)n32)cc1. The molecule has 0 saturated heterocycles. The fourth-order valence-electron chi connectivity index (χ4n) is 3.43. The number of aromatic nitrogens is 3. The van der Waals surface area contributed by atoms with E-state index < -0.39 is 0 Å². The van der Waals surface area contributed by atoms with Gasteiger partial charge in [-0.05, 0) is 43.3 Å². The van der Waals surface area contributed by atoms with E-state index in [1.54, 1.807) is 10.6 Å². The first-order valence-electron chi connectivity index (χ1n) is 8.33. The molecule has 0 unspecified atom stereocenters. The molecule has 5 heteroatoms. The van der Waals surface area contributed by atoms with Crippen molar-refractivity contribution < 1.29 is 0 Å². The molecule has 0 fully saturated rings. The van der Waals surface area contributed by atoms with Crippen molar-refractivity contribution in [3.63, 3.8) is 0 Å². The van der Waals surface area contributed by atoms with E-state index in [0.717, 1.165) is 22.2 Å². The average Bonchev–Trinajstić information content (AvgIpc) is 2.98. The molecule has 26 heavy (non-hydrogen) atoms. The maximum absolute atomic E-state index is 13.3. The first kappa shape index (κ1) is 15.2. The Hall–Kier alpha value is -3.11. The third kappa shape index (κ3) is 2.02. The van der Waals surface area contributed by atoms with Crippen LogP contribution in [0.4, 0.5) is 0 Å². The summed E-state index contributed by atoms with van der Waals surface area (Å²) in [6.45, 7) is 2.04. The molecule has 5 aromatic rings. The molecule has 0 N–H and O–H groups in total. The zero-order chi connectivity index (χ0) is 17.8. The van der Waals surface area contributed by atoms with E-state index in [9.17, 15) is 4.79 Å². The van der Waals surface area contributed by atoms with Gasteiger partial charge in [-0.1, -0.05) is 47.5 Å². The number of hydrogen-bond acceptors (Lipinski definition) is 2. The van der Waals surface area contributed by atoms with Crippen molar-refractivity contribution in [2.75, 3.05) is 0 Å². The lowest BCUT2D eigenvalue weighted by Crippen LogP contribution is -2.20. The first-order chi connectivity index (χ1) is 12.6. The fraction of sp³-hybridized carbons (Fsp3) is 0.0476. The number of rotatable bonds is 1. The Labute approximate surface area is 153 Å². The molecule has 0 aliphatic heterocycles. The van der Waals surface area contributed by atoms with Gasteiger partial charge in [0.15, 0.2) is 5.65 Å². The number of halogens is 1. The highest BCUT2D eigenvalue weighted by atomic mass is 35.5. The van der Waals surface area contributed by atoms with Crippen molar-refractivity contribution >= 4 is 39.1 Å². The number of para-hydroxylation sites is 1. The summed E-state index contributed by atoms with van der Waals surface area (Å²) in [5.41, 5.74) is 4.01. The normalized spacial score (nSPS) is 11.6. The lowest BCUT2D eigenvalue weighted by Gasteiger charge is -2.09. The standard InChI is InChI=1S/C21H14ClN3O/c1-13-9-11-14(12-10-13)24-18-8-4-6-16(22)19(18)20-23-17-7-3-2-5-15(17)21(26)25(20)24/h2-12H,1H3. The second-order valence-corrected chi connectivity index (χ2v) is 6.76. The Morgan fingerprint density at radius 1 is 0.923 bits per heavy atom.